The number of amides is 1. The number of carboxylic acid groups (broad SMARTS) is 1. The average molecular weight is 279 g/mol. The zero-order valence-corrected chi connectivity index (χ0v) is 11.9. The maximum atomic E-state index is 11.8. The van der Waals surface area contributed by atoms with Gasteiger partial charge in [0.05, 0.1) is 6.61 Å². The molecule has 0 aliphatic carbocycles. The first-order valence-corrected chi connectivity index (χ1v) is 6.81. The van der Waals surface area contributed by atoms with E-state index in [-0.39, 0.29) is 0 Å². The van der Waals surface area contributed by atoms with Gasteiger partial charge in [0.2, 0.25) is 0 Å². The number of aliphatic carboxylic acids is 1. The monoisotopic (exact) mass is 279 g/mol. The van der Waals surface area contributed by atoms with Crippen LogP contribution in [0.15, 0.2) is 24.3 Å². The standard InChI is InChI=1S/C15H21NO4/c1-3-4-5-10-20-13-8-6-12(7-9-13)14(17)16-11(2)15(18)19/h6-9,11H,3-5,10H2,1-2H3,(H,16,17)(H,18,19). The molecule has 1 aromatic carbocycles. The van der Waals surface area contributed by atoms with Crippen LogP contribution in [0.3, 0.4) is 0 Å². The van der Waals surface area contributed by atoms with Crippen molar-refractivity contribution in [3.8, 4) is 5.75 Å². The molecule has 0 bridgehead atoms. The maximum absolute atomic E-state index is 11.8. The zero-order chi connectivity index (χ0) is 15.0. The number of ether oxygens (including phenoxy) is 1. The van der Waals surface area contributed by atoms with E-state index in [0.29, 0.717) is 17.9 Å². The summed E-state index contributed by atoms with van der Waals surface area (Å²) in [4.78, 5) is 22.4. The number of carboxylic acids is 1. The van der Waals surface area contributed by atoms with Gasteiger partial charge < -0.3 is 15.2 Å². The molecule has 20 heavy (non-hydrogen) atoms. The number of nitrogens with one attached hydrogen (secondary N) is 1. The molecule has 5 nitrogen and oxygen atoms in total. The van der Waals surface area contributed by atoms with Gasteiger partial charge in [-0.2, -0.15) is 0 Å². The Morgan fingerprint density at radius 3 is 2.45 bits per heavy atom. The molecular weight excluding hydrogens is 258 g/mol. The van der Waals surface area contributed by atoms with Crippen molar-refractivity contribution in [1.29, 1.82) is 0 Å². The van der Waals surface area contributed by atoms with Crippen molar-refractivity contribution in [2.24, 2.45) is 0 Å². The van der Waals surface area contributed by atoms with Gasteiger partial charge in [0.25, 0.3) is 5.91 Å². The van der Waals surface area contributed by atoms with Crippen LogP contribution < -0.4 is 10.1 Å². The normalized spacial score (nSPS) is 11.7. The van der Waals surface area contributed by atoms with Crippen LogP contribution in [0.4, 0.5) is 0 Å². The van der Waals surface area contributed by atoms with Gasteiger partial charge >= 0.3 is 5.97 Å². The molecule has 0 heterocycles. The Bertz CT molecular complexity index is 442. The summed E-state index contributed by atoms with van der Waals surface area (Å²) in [5.74, 6) is -0.754. The van der Waals surface area contributed by atoms with Gasteiger partial charge in [0.1, 0.15) is 11.8 Å². The van der Waals surface area contributed by atoms with E-state index < -0.39 is 17.9 Å². The molecule has 110 valence electrons. The predicted octanol–water partition coefficient (Wildman–Crippen LogP) is 2.46. The number of carbonyl (C=O) groups excluding carboxylic acids is 1. The van der Waals surface area contributed by atoms with Gasteiger partial charge in [0.15, 0.2) is 0 Å². The summed E-state index contributed by atoms with van der Waals surface area (Å²) in [6, 6.07) is 5.77. The number of carbonyl (C=O) groups is 2. The lowest BCUT2D eigenvalue weighted by atomic mass is 10.2. The van der Waals surface area contributed by atoms with Crippen molar-refractivity contribution < 1.29 is 19.4 Å². The molecule has 0 aliphatic heterocycles. The zero-order valence-electron chi connectivity index (χ0n) is 11.9. The average Bonchev–Trinajstić information content (AvgIpc) is 2.44. The molecule has 5 heteroatoms. The molecule has 0 aliphatic rings. The lowest BCUT2D eigenvalue weighted by Gasteiger charge is -2.10. The van der Waals surface area contributed by atoms with Crippen LogP contribution in [0.25, 0.3) is 0 Å². The highest BCUT2D eigenvalue weighted by molar-refractivity contribution is 5.96. The topological polar surface area (TPSA) is 75.6 Å². The van der Waals surface area contributed by atoms with Crippen molar-refractivity contribution in [3.05, 3.63) is 29.8 Å². The second kappa shape index (κ2) is 8.19. The number of benzene rings is 1. The first-order valence-electron chi connectivity index (χ1n) is 6.81. The van der Waals surface area contributed by atoms with Crippen LogP contribution >= 0.6 is 0 Å². The molecule has 1 unspecified atom stereocenters. The van der Waals surface area contributed by atoms with Crippen LogP contribution in [0.2, 0.25) is 0 Å². The molecule has 0 radical (unpaired) electrons. The Balaban J connectivity index is 2.49. The predicted molar refractivity (Wildman–Crippen MR) is 76.0 cm³/mol. The number of hydrogen-bond donors (Lipinski definition) is 2. The Kier molecular flexibility index (Phi) is 6.56. The van der Waals surface area contributed by atoms with Gasteiger partial charge in [0, 0.05) is 5.56 Å². The minimum atomic E-state index is -1.06. The summed E-state index contributed by atoms with van der Waals surface area (Å²) < 4.78 is 5.54. The third-order valence-electron chi connectivity index (χ3n) is 2.85. The van der Waals surface area contributed by atoms with E-state index in [0.717, 1.165) is 19.3 Å². The number of rotatable bonds is 8. The van der Waals surface area contributed by atoms with E-state index in [2.05, 4.69) is 12.2 Å². The maximum Gasteiger partial charge on any atom is 0.325 e. The second-order valence-corrected chi connectivity index (χ2v) is 4.61. The van der Waals surface area contributed by atoms with Crippen LogP contribution in [0.5, 0.6) is 5.75 Å². The van der Waals surface area contributed by atoms with Crippen LogP contribution in [-0.4, -0.2) is 29.6 Å². The summed E-state index contributed by atoms with van der Waals surface area (Å²) in [6.45, 7) is 4.21. The van der Waals surface area contributed by atoms with Crippen LogP contribution in [0.1, 0.15) is 43.5 Å². The molecule has 1 rings (SSSR count). The minimum Gasteiger partial charge on any atom is -0.494 e. The van der Waals surface area contributed by atoms with Crippen LogP contribution in [-0.2, 0) is 4.79 Å². The lowest BCUT2D eigenvalue weighted by molar-refractivity contribution is -0.138. The van der Waals surface area contributed by atoms with Crippen molar-refractivity contribution >= 4 is 11.9 Å². The van der Waals surface area contributed by atoms with E-state index in [1.807, 2.05) is 0 Å². The van der Waals surface area contributed by atoms with Crippen molar-refractivity contribution in [2.75, 3.05) is 6.61 Å². The first-order chi connectivity index (χ1) is 9.54. The summed E-state index contributed by atoms with van der Waals surface area (Å²) in [5, 5.41) is 11.1. The van der Waals surface area contributed by atoms with Crippen molar-refractivity contribution in [2.45, 2.75) is 39.2 Å². The molecule has 0 saturated heterocycles. The first kappa shape index (κ1) is 16.0. The van der Waals surface area contributed by atoms with Crippen molar-refractivity contribution in [1.82, 2.24) is 5.32 Å². The number of hydrogen-bond acceptors (Lipinski definition) is 3. The van der Waals surface area contributed by atoms with E-state index >= 15 is 0 Å². The summed E-state index contributed by atoms with van der Waals surface area (Å²) in [5.41, 5.74) is 0.416. The van der Waals surface area contributed by atoms with Crippen molar-refractivity contribution in [3.63, 3.8) is 0 Å². The molecule has 0 aromatic heterocycles. The van der Waals surface area contributed by atoms with Gasteiger partial charge in [-0.25, -0.2) is 0 Å². The highest BCUT2D eigenvalue weighted by Gasteiger charge is 2.14. The van der Waals surface area contributed by atoms with E-state index in [4.69, 9.17) is 9.84 Å². The highest BCUT2D eigenvalue weighted by Crippen LogP contribution is 2.13. The largest absolute Gasteiger partial charge is 0.494 e. The fourth-order valence-electron chi connectivity index (χ4n) is 1.59. The van der Waals surface area contributed by atoms with Gasteiger partial charge in [-0.15, -0.1) is 0 Å². The summed E-state index contributed by atoms with van der Waals surface area (Å²) >= 11 is 0. The highest BCUT2D eigenvalue weighted by atomic mass is 16.5. The van der Waals surface area contributed by atoms with Gasteiger partial charge in [-0.05, 0) is 37.6 Å². The Labute approximate surface area is 118 Å². The third-order valence-corrected chi connectivity index (χ3v) is 2.85. The lowest BCUT2D eigenvalue weighted by Crippen LogP contribution is -2.38. The fourth-order valence-corrected chi connectivity index (χ4v) is 1.59. The molecule has 0 spiro atoms. The summed E-state index contributed by atoms with van der Waals surface area (Å²) in [7, 11) is 0. The van der Waals surface area contributed by atoms with E-state index in [1.54, 1.807) is 24.3 Å². The van der Waals surface area contributed by atoms with E-state index in [1.165, 1.54) is 6.92 Å². The fraction of sp³-hybridized carbons (Fsp3) is 0.467. The molecule has 1 aromatic rings. The Morgan fingerprint density at radius 1 is 1.25 bits per heavy atom. The molecule has 0 saturated carbocycles. The molecule has 2 N–H and O–H groups in total. The number of unbranched alkanes of at least 4 members (excludes halogenated alkanes) is 2. The van der Waals surface area contributed by atoms with Crippen LogP contribution in [0, 0.1) is 0 Å². The van der Waals surface area contributed by atoms with Gasteiger partial charge in [-0.3, -0.25) is 9.59 Å². The Morgan fingerprint density at radius 2 is 1.90 bits per heavy atom. The summed E-state index contributed by atoms with van der Waals surface area (Å²) in [6.07, 6.45) is 3.28. The third kappa shape index (κ3) is 5.30. The quantitative estimate of drug-likeness (QED) is 0.717. The van der Waals surface area contributed by atoms with E-state index in [9.17, 15) is 9.59 Å². The SMILES string of the molecule is CCCCCOc1ccc(C(=O)NC(C)C(=O)O)cc1. The molecule has 1 amide bonds. The molecule has 1 atom stereocenters. The Hall–Kier alpha value is -2.04. The minimum absolute atomic E-state index is 0.405. The second-order valence-electron chi connectivity index (χ2n) is 4.61. The molecular formula is C15H21NO4. The smallest absolute Gasteiger partial charge is 0.325 e. The van der Waals surface area contributed by atoms with Gasteiger partial charge in [-0.1, -0.05) is 19.8 Å². The molecule has 0 fully saturated rings.